The van der Waals surface area contributed by atoms with Gasteiger partial charge in [-0.25, -0.2) is 24.7 Å². The van der Waals surface area contributed by atoms with Gasteiger partial charge in [0.15, 0.2) is 5.15 Å². The van der Waals surface area contributed by atoms with Gasteiger partial charge < -0.3 is 63.1 Å². The molecule has 26 heteroatoms. The van der Waals surface area contributed by atoms with Gasteiger partial charge in [-0.15, -0.1) is 19.7 Å². The van der Waals surface area contributed by atoms with E-state index in [9.17, 15) is 48.6 Å². The summed E-state index contributed by atoms with van der Waals surface area (Å²) < 4.78 is 172. The third-order valence-corrected chi connectivity index (χ3v) is 26.1. The van der Waals surface area contributed by atoms with Crippen LogP contribution in [0.3, 0.4) is 0 Å². The first-order valence-electron chi connectivity index (χ1n) is 56.4. The molecule has 704 valence electrons. The van der Waals surface area contributed by atoms with E-state index in [1.807, 2.05) is 121 Å². The van der Waals surface area contributed by atoms with Crippen molar-refractivity contribution in [3.63, 3.8) is 0 Å². The molecular weight excluding hydrogens is 1590 g/mol. The number of esters is 5. The first-order chi connectivity index (χ1) is 69.7. The number of ether oxygens (including phenoxy) is 9. The number of nitrogens with zero attached hydrogens (tertiary/aromatic N) is 5. The molecular formula is C97H165ClN6O19. The van der Waals surface area contributed by atoms with Gasteiger partial charge in [0.05, 0.1) is 79.8 Å². The lowest BCUT2D eigenvalue weighted by Crippen LogP contribution is -2.50. The van der Waals surface area contributed by atoms with E-state index in [0.29, 0.717) is 75.4 Å². The summed E-state index contributed by atoms with van der Waals surface area (Å²) in [5.74, 6) is 0.424. The van der Waals surface area contributed by atoms with Crippen LogP contribution in [0.5, 0.6) is 23.3 Å². The van der Waals surface area contributed by atoms with Gasteiger partial charge in [0, 0.05) is 67.6 Å². The molecule has 0 spiro atoms. The molecule has 0 radical (unpaired) electrons. The number of benzene rings is 2. The predicted octanol–water partition coefficient (Wildman–Crippen LogP) is 21.5. The molecule has 4 heterocycles. The lowest BCUT2D eigenvalue weighted by atomic mass is 9.77. The highest BCUT2D eigenvalue weighted by Gasteiger charge is 2.58. The molecule has 25 nitrogen and oxygen atoms in total. The number of aliphatic carboxylic acids is 2. The Labute approximate surface area is 772 Å². The van der Waals surface area contributed by atoms with E-state index < -0.39 is 87.2 Å². The molecule has 4 aromatic rings. The number of carbonyl (C=O) groups excluding carboxylic acids is 6. The average molecular weight is 1780 g/mol. The normalized spacial score (nSPS) is 27.9. The van der Waals surface area contributed by atoms with Gasteiger partial charge >= 0.3 is 41.8 Å². The Morgan fingerprint density at radius 2 is 0.911 bits per heavy atom. The Morgan fingerprint density at radius 3 is 1.29 bits per heavy atom. The summed E-state index contributed by atoms with van der Waals surface area (Å²) in [6, 6.07) is 9.35. The van der Waals surface area contributed by atoms with Gasteiger partial charge in [0.25, 0.3) is 5.88 Å². The smallest absolute Gasteiger partial charge is 0.329 e. The maximum Gasteiger partial charge on any atom is 0.329 e. The summed E-state index contributed by atoms with van der Waals surface area (Å²) in [6.07, 6.45) is 22.1. The number of unbranched alkanes of at least 4 members (excludes halogenated alkanes) is 3. The molecule has 8 aliphatic rings. The third kappa shape index (κ3) is 26.7. The standard InChI is InChI=1S/C40H55N3O7.C19H24ClN3O4.2C19H30O4.13H2/c1-11-13-14-15-26-27-18-24(27)19-32(26)48-34(44)21-28(39(4,5)6)37(45)43-22-33(23(3)35(43)38(46)50-40(7,8)9)49-36-29(12-2)41-30-17-16-25(47-10)20-31(30)42-36;1-10-14(9-21-15(10)18(24)27-19(2,3)4)26-17-16(20)22-12-7-6-11(25-5)8-13(12)23-17;2*1-5-6-7-8-13-14-9-12(14)10-16(13)23-17(20)11-15(18(21)22)19(2,3)4;;;;;;;;;;;;;/h11-12,16-17,20,23-24,26-28,32-33,35H,1-2,13-15,18-19,21-22H2,3-10H3;6-8,10,14-15,21H,9H2,1-5H3;2*5,12-16H,1,6-11H2,2-4H3,(H,21,22);13*1H/t23-,24+,26-,27+,28-,32-,33+,35+;10-,14+,15+;12-,13+,14-,15+,16+;12-,13+,14-,15-,16+;;;;;;;;;;;;;/m1101............./s1/i;;;;12*1+1D;1+1. The molecule has 0 bridgehead atoms. The summed E-state index contributed by atoms with van der Waals surface area (Å²) >= 11 is 6.25. The van der Waals surface area contributed by atoms with Crippen molar-refractivity contribution < 1.29 is 128 Å². The number of hydrogen-bond donors (Lipinski definition) is 3. The first-order valence-corrected chi connectivity index (χ1v) is 44.8. The van der Waals surface area contributed by atoms with Crippen LogP contribution >= 0.6 is 11.6 Å². The first kappa shape index (κ1) is 81.3. The van der Waals surface area contributed by atoms with Crippen LogP contribution in [-0.2, 0) is 62.0 Å². The Bertz CT molecular complexity index is 4430. The van der Waals surface area contributed by atoms with Crippen molar-refractivity contribution in [2.75, 3.05) is 27.3 Å². The predicted molar refractivity (Wildman–Crippen MR) is 500 cm³/mol. The summed E-state index contributed by atoms with van der Waals surface area (Å²) in [6.45, 7) is 47.5. The fourth-order valence-electron chi connectivity index (χ4n) is 18.7. The SMILES string of the molecule is C=CCCC[C@@H]1[C@H]2C[C@H]2C[C@H]1OC(=O)C[C@H](C(=O)N1C[C@H](Oc2nc3cc(OC)ccc3nc2C=C)[C@@H](C)[C@H]1C(=O)OC(C)(C)C)C(C)(C)C.C=CCCC[C@@H]1[C@H]2C[C@H]2C[C@H]1OC(=O)C[C@H](C(=O)O)C(C)(C)C.C=CCCC[C@H]1[C@@H]2C[C@@H]2C[C@@H]1OC(=O)C[C@H](C(=O)O)C(C)(C)C.COc1ccc2nc(Cl)c(O[C@H]3CN[C@H](C(=O)OC(C)(C)C)[C@@H]3C)nc2c1.[2HH].[2H][2H].[2H][2H].[2H][2H].[2H][2H].[2H][2H].[2H][2H].[2H][2H].[2H][2H].[2H][2H].[2H][2H].[2H][2H].[2H][2H]. The van der Waals surface area contributed by atoms with Crippen LogP contribution in [0.1, 0.15) is 276 Å². The van der Waals surface area contributed by atoms with E-state index in [-0.39, 0.29) is 104 Å². The molecule has 12 rings (SSSR count). The zero-order chi connectivity index (χ0) is 115. The lowest BCUT2D eigenvalue weighted by Gasteiger charge is -2.35. The van der Waals surface area contributed by atoms with Crippen LogP contribution in [-0.4, -0.2) is 164 Å². The van der Waals surface area contributed by atoms with E-state index in [2.05, 4.69) is 46.6 Å². The number of fused-ring (bicyclic) bond motifs is 5. The number of likely N-dealkylation sites (tertiary alicyclic amines) is 1. The molecule has 1 amide bonds. The number of hydrogen-bond acceptors (Lipinski definition) is 22. The Hall–Kier alpha value is -8.71. The number of methoxy groups -OCH3 is 2. The van der Waals surface area contributed by atoms with Crippen LogP contribution < -0.4 is 24.3 Å². The Balaban J connectivity index is -0.000000599. The summed E-state index contributed by atoms with van der Waals surface area (Å²) in [7, 11) is 3.17. The van der Waals surface area contributed by atoms with Crippen molar-refractivity contribution >= 4 is 87.4 Å². The molecule has 3 N–H and O–H groups in total. The number of amides is 1. The molecule has 21 atom stereocenters. The molecule has 2 aromatic heterocycles. The molecule has 2 aliphatic heterocycles. The average Bonchev–Trinajstić information content (AvgIpc) is 1.59. The van der Waals surface area contributed by atoms with Crippen LogP contribution in [0.2, 0.25) is 5.15 Å². The molecule has 2 saturated heterocycles. The van der Waals surface area contributed by atoms with Crippen molar-refractivity contribution in [2.45, 2.75) is 287 Å². The van der Waals surface area contributed by atoms with E-state index in [4.69, 9.17) is 94.9 Å². The van der Waals surface area contributed by atoms with Crippen molar-refractivity contribution in [2.24, 2.45) is 99.1 Å². The zero-order valence-electron chi connectivity index (χ0n) is 100. The highest BCUT2D eigenvalue weighted by molar-refractivity contribution is 6.31. The van der Waals surface area contributed by atoms with E-state index in [0.717, 1.165) is 101 Å². The third-order valence-electron chi connectivity index (χ3n) is 25.9. The van der Waals surface area contributed by atoms with Crippen molar-refractivity contribution in [1.29, 1.82) is 0 Å². The number of carbonyl (C=O) groups is 8. The number of carboxylic acids is 2. The van der Waals surface area contributed by atoms with Gasteiger partial charge in [-0.3, -0.25) is 33.6 Å². The zero-order valence-corrected chi connectivity index (χ0v) is 77.1. The lowest BCUT2D eigenvalue weighted by molar-refractivity contribution is -0.167. The van der Waals surface area contributed by atoms with E-state index in [1.165, 1.54) is 19.3 Å². The minimum atomic E-state index is -0.940. The Kier molecular flexibility index (Phi) is 27.5. The molecule has 0 unspecified atom stereocenters. The monoisotopic (exact) mass is 1780 g/mol. The number of halogens is 1. The minimum Gasteiger partial charge on any atom is -0.497 e. The number of carboxylic acid groups (broad SMARTS) is 2. The molecule has 8 fully saturated rings. The van der Waals surface area contributed by atoms with Gasteiger partial charge in [-0.1, -0.05) is 113 Å². The van der Waals surface area contributed by atoms with Crippen LogP contribution in [0, 0.1) is 99.1 Å². The second kappa shape index (κ2) is 41.6. The summed E-state index contributed by atoms with van der Waals surface area (Å²) in [5.41, 5.74) is 0.110. The Morgan fingerprint density at radius 1 is 0.520 bits per heavy atom. The van der Waals surface area contributed by atoms with Gasteiger partial charge in [-0.2, -0.15) is 0 Å². The number of allylic oxidation sites excluding steroid dienone is 3. The van der Waals surface area contributed by atoms with Crippen LogP contribution in [0.15, 0.2) is 80.9 Å². The van der Waals surface area contributed by atoms with Crippen LogP contribution in [0.25, 0.3) is 28.1 Å². The molecule has 123 heavy (non-hydrogen) atoms. The maximum atomic E-state index is 14.6. The molecule has 6 aliphatic carbocycles. The highest BCUT2D eigenvalue weighted by Crippen LogP contribution is 2.60. The fourth-order valence-corrected chi connectivity index (χ4v) is 18.9. The number of rotatable bonds is 33. The second-order valence-corrected chi connectivity index (χ2v) is 40.9. The number of nitrogens with one attached hydrogen (secondary N) is 1. The summed E-state index contributed by atoms with van der Waals surface area (Å²) in [4.78, 5) is 122. The summed E-state index contributed by atoms with van der Waals surface area (Å²) in [5, 5.41) is 22.0. The van der Waals surface area contributed by atoms with Crippen molar-refractivity contribution in [1.82, 2.24) is 30.2 Å². The van der Waals surface area contributed by atoms with Gasteiger partial charge in [0.1, 0.15) is 71.0 Å². The topological polar surface area (TPSA) is 327 Å². The molecule has 2 aromatic carbocycles. The van der Waals surface area contributed by atoms with Crippen LogP contribution in [0.4, 0.5) is 0 Å². The maximum absolute atomic E-state index is 14.6. The largest absolute Gasteiger partial charge is 0.497 e. The number of aromatic nitrogens is 4. The van der Waals surface area contributed by atoms with Crippen molar-refractivity contribution in [3.05, 3.63) is 91.8 Å². The quantitative estimate of drug-likeness (QED) is 0.0173. The van der Waals surface area contributed by atoms with Gasteiger partial charge in [-0.05, 0) is 238 Å². The fraction of sp³-hybridized carbons (Fsp3) is 0.670. The minimum absolute atomic E-state index is 0. The van der Waals surface area contributed by atoms with Gasteiger partial charge in [0.2, 0.25) is 11.8 Å². The second-order valence-electron chi connectivity index (χ2n) is 40.5. The van der Waals surface area contributed by atoms with Crippen molar-refractivity contribution in [3.8, 4) is 23.3 Å². The molecule has 6 saturated carbocycles. The highest BCUT2D eigenvalue weighted by atomic mass is 35.5. The van der Waals surface area contributed by atoms with E-state index in [1.54, 1.807) is 76.3 Å². The van der Waals surface area contributed by atoms with E-state index >= 15 is 0 Å².